The minimum atomic E-state index is -0.204. The lowest BCUT2D eigenvalue weighted by atomic mass is 9.81. The van der Waals surface area contributed by atoms with Crippen molar-refractivity contribution in [2.24, 2.45) is 0 Å². The van der Waals surface area contributed by atoms with Crippen LogP contribution in [0.2, 0.25) is 0 Å². The number of allylic oxidation sites excluding steroid dienone is 4. The smallest absolute Gasteiger partial charge is 0.119 e. The first-order chi connectivity index (χ1) is 12.3. The van der Waals surface area contributed by atoms with Crippen LogP contribution in [0.5, 0.6) is 11.5 Å². The Morgan fingerprint density at radius 1 is 0.923 bits per heavy atom. The van der Waals surface area contributed by atoms with E-state index >= 15 is 0 Å². The summed E-state index contributed by atoms with van der Waals surface area (Å²) in [4.78, 5) is 0. The number of aromatic hydroxyl groups is 2. The molecule has 2 heteroatoms. The van der Waals surface area contributed by atoms with Crippen LogP contribution < -0.4 is 0 Å². The van der Waals surface area contributed by atoms with Crippen molar-refractivity contribution in [3.63, 3.8) is 0 Å². The van der Waals surface area contributed by atoms with Crippen molar-refractivity contribution in [2.75, 3.05) is 0 Å². The van der Waals surface area contributed by atoms with Crippen LogP contribution in [0.25, 0.3) is 5.57 Å². The van der Waals surface area contributed by atoms with E-state index in [9.17, 15) is 10.2 Å². The van der Waals surface area contributed by atoms with Crippen molar-refractivity contribution >= 4 is 5.57 Å². The maximum Gasteiger partial charge on any atom is 0.119 e. The van der Waals surface area contributed by atoms with Gasteiger partial charge in [-0.1, -0.05) is 50.3 Å². The highest BCUT2D eigenvalue weighted by Gasteiger charge is 2.20. The molecule has 0 aliphatic rings. The topological polar surface area (TPSA) is 40.5 Å². The molecule has 0 heterocycles. The Balaban J connectivity index is 2.40. The zero-order valence-electron chi connectivity index (χ0n) is 15.9. The van der Waals surface area contributed by atoms with Gasteiger partial charge >= 0.3 is 0 Å². The summed E-state index contributed by atoms with van der Waals surface area (Å²) >= 11 is 0. The molecule has 0 spiro atoms. The molecule has 136 valence electrons. The first kappa shape index (κ1) is 19.6. The largest absolute Gasteiger partial charge is 0.508 e. The molecule has 2 N–H and O–H groups in total. The lowest BCUT2D eigenvalue weighted by Crippen LogP contribution is -2.14. The molecule has 0 bridgehead atoms. The summed E-state index contributed by atoms with van der Waals surface area (Å²) in [6, 6.07) is 11.4. The predicted molar refractivity (Wildman–Crippen MR) is 111 cm³/mol. The summed E-state index contributed by atoms with van der Waals surface area (Å²) in [6.07, 6.45) is 7.09. The van der Waals surface area contributed by atoms with Crippen molar-refractivity contribution in [1.82, 2.24) is 0 Å². The van der Waals surface area contributed by atoms with Gasteiger partial charge in [-0.25, -0.2) is 0 Å². The Morgan fingerprint density at radius 2 is 1.46 bits per heavy atom. The van der Waals surface area contributed by atoms with Crippen LogP contribution in [-0.2, 0) is 18.3 Å². The van der Waals surface area contributed by atoms with Crippen LogP contribution in [0.4, 0.5) is 0 Å². The summed E-state index contributed by atoms with van der Waals surface area (Å²) < 4.78 is 0. The molecule has 0 unspecified atom stereocenters. The molecule has 0 aliphatic heterocycles. The zero-order chi connectivity index (χ0) is 19.3. The predicted octanol–water partition coefficient (Wildman–Crippen LogP) is 5.94. The second kappa shape index (κ2) is 8.09. The van der Waals surface area contributed by atoms with E-state index in [1.165, 1.54) is 0 Å². The van der Waals surface area contributed by atoms with Gasteiger partial charge < -0.3 is 10.2 Å². The number of phenolic OH excluding ortho intramolecular Hbond substituents is 2. The second-order valence-electron chi connectivity index (χ2n) is 7.22. The summed E-state index contributed by atoms with van der Waals surface area (Å²) in [5.41, 5.74) is 4.91. The molecule has 26 heavy (non-hydrogen) atoms. The zero-order valence-corrected chi connectivity index (χ0v) is 15.9. The SMILES string of the molecule is C=CCc1cc(C(C)=CC(C)(C)c2ccc(O)c(CC=C)c2)ccc1O. The normalized spacial score (nSPS) is 12.0. The molecular formula is C24H28O2. The Bertz CT molecular complexity index is 841. The van der Waals surface area contributed by atoms with Crippen molar-refractivity contribution in [1.29, 1.82) is 0 Å². The van der Waals surface area contributed by atoms with Crippen LogP contribution in [0.3, 0.4) is 0 Å². The maximum absolute atomic E-state index is 10.0. The lowest BCUT2D eigenvalue weighted by molar-refractivity contribution is 0.468. The molecule has 0 fully saturated rings. The first-order valence-electron chi connectivity index (χ1n) is 8.84. The summed E-state index contributed by atoms with van der Waals surface area (Å²) in [7, 11) is 0. The number of hydrogen-bond acceptors (Lipinski definition) is 2. The standard InChI is InChI=1S/C24H28O2/c1-6-8-19-14-18(10-12-22(19)25)17(3)16-24(4,5)21-11-13-23(26)20(15-21)9-7-2/h6-7,10-16,25-26H,1-2,8-9H2,3-5H3. The van der Waals surface area contributed by atoms with Crippen molar-refractivity contribution in [3.05, 3.63) is 90.0 Å². The number of benzene rings is 2. The van der Waals surface area contributed by atoms with Gasteiger partial charge in [0.25, 0.3) is 0 Å². The van der Waals surface area contributed by atoms with E-state index in [-0.39, 0.29) is 5.41 Å². The van der Waals surface area contributed by atoms with E-state index in [0.29, 0.717) is 24.3 Å². The van der Waals surface area contributed by atoms with E-state index in [1.54, 1.807) is 24.3 Å². The van der Waals surface area contributed by atoms with Gasteiger partial charge in [-0.05, 0) is 65.8 Å². The van der Waals surface area contributed by atoms with Crippen molar-refractivity contribution in [3.8, 4) is 11.5 Å². The van der Waals surface area contributed by atoms with Crippen LogP contribution in [0.1, 0.15) is 43.0 Å². The van der Waals surface area contributed by atoms with E-state index in [2.05, 4.69) is 40.0 Å². The van der Waals surface area contributed by atoms with Crippen molar-refractivity contribution < 1.29 is 10.2 Å². The Hall–Kier alpha value is -2.74. The van der Waals surface area contributed by atoms with Gasteiger partial charge in [-0.3, -0.25) is 0 Å². The summed E-state index contributed by atoms with van der Waals surface area (Å²) in [6.45, 7) is 13.9. The molecular weight excluding hydrogens is 320 g/mol. The average Bonchev–Trinajstić information content (AvgIpc) is 2.58. The molecule has 0 aliphatic carbocycles. The molecule has 0 aromatic heterocycles. The van der Waals surface area contributed by atoms with Crippen LogP contribution in [0.15, 0.2) is 67.8 Å². The Kier molecular flexibility index (Phi) is 6.10. The van der Waals surface area contributed by atoms with Gasteiger partial charge in [0, 0.05) is 5.41 Å². The van der Waals surface area contributed by atoms with E-state index in [4.69, 9.17) is 0 Å². The number of rotatable bonds is 7. The molecule has 2 nitrogen and oxygen atoms in total. The third-order valence-corrected chi connectivity index (χ3v) is 4.66. The molecule has 0 saturated carbocycles. The van der Waals surface area contributed by atoms with E-state index < -0.39 is 0 Å². The third-order valence-electron chi connectivity index (χ3n) is 4.66. The number of phenols is 2. The van der Waals surface area contributed by atoms with Crippen LogP contribution in [0, 0.1) is 0 Å². The maximum atomic E-state index is 10.0. The molecule has 0 amide bonds. The molecule has 2 aromatic carbocycles. The molecule has 0 saturated heterocycles. The minimum absolute atomic E-state index is 0.204. The van der Waals surface area contributed by atoms with Gasteiger partial charge in [0.15, 0.2) is 0 Å². The van der Waals surface area contributed by atoms with Crippen molar-refractivity contribution in [2.45, 2.75) is 39.0 Å². The second-order valence-corrected chi connectivity index (χ2v) is 7.22. The monoisotopic (exact) mass is 348 g/mol. The number of hydrogen-bond donors (Lipinski definition) is 2. The highest BCUT2D eigenvalue weighted by atomic mass is 16.3. The third kappa shape index (κ3) is 4.45. The molecule has 0 atom stereocenters. The highest BCUT2D eigenvalue weighted by molar-refractivity contribution is 5.67. The average molecular weight is 348 g/mol. The molecule has 2 aromatic rings. The Labute approximate surface area is 156 Å². The fourth-order valence-electron chi connectivity index (χ4n) is 3.16. The highest BCUT2D eigenvalue weighted by Crippen LogP contribution is 2.33. The lowest BCUT2D eigenvalue weighted by Gasteiger charge is -2.24. The van der Waals surface area contributed by atoms with Gasteiger partial charge in [0.05, 0.1) is 0 Å². The summed E-state index contributed by atoms with van der Waals surface area (Å²) in [5.74, 6) is 0.603. The van der Waals surface area contributed by atoms with E-state index in [1.807, 2.05) is 24.3 Å². The van der Waals surface area contributed by atoms with Gasteiger partial charge in [0.2, 0.25) is 0 Å². The Morgan fingerprint density at radius 3 is 2.04 bits per heavy atom. The van der Waals surface area contributed by atoms with Gasteiger partial charge in [-0.2, -0.15) is 0 Å². The molecule has 2 rings (SSSR count). The molecule has 0 radical (unpaired) electrons. The minimum Gasteiger partial charge on any atom is -0.508 e. The van der Waals surface area contributed by atoms with Crippen LogP contribution >= 0.6 is 0 Å². The quantitative estimate of drug-likeness (QED) is 0.608. The fraction of sp³-hybridized carbons (Fsp3) is 0.250. The van der Waals surface area contributed by atoms with Gasteiger partial charge in [0.1, 0.15) is 11.5 Å². The first-order valence-corrected chi connectivity index (χ1v) is 8.84. The van der Waals surface area contributed by atoms with Gasteiger partial charge in [-0.15, -0.1) is 13.2 Å². The summed E-state index contributed by atoms with van der Waals surface area (Å²) in [5, 5.41) is 20.0. The fourth-order valence-corrected chi connectivity index (χ4v) is 3.16. The van der Waals surface area contributed by atoms with E-state index in [0.717, 1.165) is 27.8 Å². The van der Waals surface area contributed by atoms with Crippen LogP contribution in [-0.4, -0.2) is 10.2 Å².